The molecule has 5 nitrogen and oxygen atoms in total. The van der Waals surface area contributed by atoms with Crippen LogP contribution in [0.3, 0.4) is 0 Å². The first-order chi connectivity index (χ1) is 10.3. The summed E-state index contributed by atoms with van der Waals surface area (Å²) in [4.78, 5) is 0. The zero-order chi connectivity index (χ0) is 14.9. The predicted molar refractivity (Wildman–Crippen MR) is 81.6 cm³/mol. The molecule has 0 saturated carbocycles. The summed E-state index contributed by atoms with van der Waals surface area (Å²) in [6.45, 7) is 4.22. The molecule has 1 heterocycles. The molecule has 0 radical (unpaired) electrons. The second-order valence-corrected chi connectivity index (χ2v) is 4.97. The molecule has 0 amide bonds. The topological polar surface area (TPSA) is 60.2 Å². The maximum Gasteiger partial charge on any atom is 0.220 e. The highest BCUT2D eigenvalue weighted by atomic mass is 16.5. The van der Waals surface area contributed by atoms with Gasteiger partial charge >= 0.3 is 0 Å². The maximum absolute atomic E-state index is 5.67. The Balaban J connectivity index is 1.79. The van der Waals surface area contributed by atoms with E-state index in [4.69, 9.17) is 9.15 Å². The van der Waals surface area contributed by atoms with Gasteiger partial charge in [0.1, 0.15) is 5.75 Å². The van der Waals surface area contributed by atoms with Gasteiger partial charge in [-0.1, -0.05) is 19.1 Å². The molecular formula is C16H23N3O2. The lowest BCUT2D eigenvalue weighted by Gasteiger charge is -2.01. The van der Waals surface area contributed by atoms with Crippen LogP contribution < -0.4 is 10.1 Å². The molecule has 1 N–H and O–H groups in total. The summed E-state index contributed by atoms with van der Waals surface area (Å²) in [5, 5.41) is 11.6. The number of benzene rings is 1. The molecule has 0 atom stereocenters. The minimum atomic E-state index is 0.658. The Labute approximate surface area is 125 Å². The van der Waals surface area contributed by atoms with E-state index in [-0.39, 0.29) is 0 Å². The van der Waals surface area contributed by atoms with Crippen molar-refractivity contribution in [2.24, 2.45) is 0 Å². The van der Waals surface area contributed by atoms with Crippen LogP contribution >= 0.6 is 0 Å². The predicted octanol–water partition coefficient (Wildman–Crippen LogP) is 2.60. The van der Waals surface area contributed by atoms with Gasteiger partial charge in [0.2, 0.25) is 11.8 Å². The van der Waals surface area contributed by atoms with Gasteiger partial charge in [0, 0.05) is 6.42 Å². The second kappa shape index (κ2) is 8.42. The van der Waals surface area contributed by atoms with Crippen LogP contribution in [0.15, 0.2) is 28.7 Å². The third-order valence-electron chi connectivity index (χ3n) is 3.19. The van der Waals surface area contributed by atoms with Crippen LogP contribution in [0.1, 0.15) is 37.1 Å². The van der Waals surface area contributed by atoms with E-state index in [2.05, 4.69) is 22.4 Å². The van der Waals surface area contributed by atoms with Crippen LogP contribution in [0, 0.1) is 0 Å². The van der Waals surface area contributed by atoms with Crippen LogP contribution in [0.5, 0.6) is 5.75 Å². The van der Waals surface area contributed by atoms with Gasteiger partial charge in [-0.15, -0.1) is 10.2 Å². The van der Waals surface area contributed by atoms with Crippen molar-refractivity contribution < 1.29 is 9.15 Å². The van der Waals surface area contributed by atoms with Crippen molar-refractivity contribution in [3.05, 3.63) is 41.6 Å². The first-order valence-electron chi connectivity index (χ1n) is 7.46. The average Bonchev–Trinajstić information content (AvgIpc) is 2.95. The smallest absolute Gasteiger partial charge is 0.220 e. The van der Waals surface area contributed by atoms with E-state index in [1.54, 1.807) is 7.11 Å². The van der Waals surface area contributed by atoms with E-state index in [0.29, 0.717) is 12.3 Å². The highest BCUT2D eigenvalue weighted by molar-refractivity contribution is 5.28. The Hall–Kier alpha value is -1.88. The summed E-state index contributed by atoms with van der Waals surface area (Å²) in [5.41, 5.74) is 1.13. The summed E-state index contributed by atoms with van der Waals surface area (Å²) in [6.07, 6.45) is 3.66. The minimum Gasteiger partial charge on any atom is -0.497 e. The van der Waals surface area contributed by atoms with Crippen LogP contribution in [-0.2, 0) is 12.8 Å². The number of rotatable bonds is 9. The molecule has 1 aromatic carbocycles. The highest BCUT2D eigenvalue weighted by Crippen LogP contribution is 2.14. The van der Waals surface area contributed by atoms with E-state index in [1.165, 1.54) is 0 Å². The molecule has 0 bridgehead atoms. The number of ether oxygens (including phenoxy) is 1. The lowest BCUT2D eigenvalue weighted by atomic mass is 10.1. The van der Waals surface area contributed by atoms with Gasteiger partial charge in [-0.25, -0.2) is 0 Å². The fourth-order valence-corrected chi connectivity index (χ4v) is 2.05. The molecular weight excluding hydrogens is 266 g/mol. The van der Waals surface area contributed by atoms with Crippen molar-refractivity contribution in [2.75, 3.05) is 20.2 Å². The molecule has 21 heavy (non-hydrogen) atoms. The molecule has 0 aliphatic carbocycles. The number of aryl methyl sites for hydroxylation is 1. The van der Waals surface area contributed by atoms with E-state index in [9.17, 15) is 0 Å². The highest BCUT2D eigenvalue weighted by Gasteiger charge is 2.07. The Bertz CT molecular complexity index is 523. The molecule has 0 fully saturated rings. The molecule has 0 aliphatic rings. The lowest BCUT2D eigenvalue weighted by molar-refractivity contribution is 0.414. The van der Waals surface area contributed by atoms with Crippen molar-refractivity contribution in [3.8, 4) is 5.75 Å². The van der Waals surface area contributed by atoms with E-state index in [1.807, 2.05) is 24.3 Å². The fourth-order valence-electron chi connectivity index (χ4n) is 2.05. The number of nitrogens with one attached hydrogen (secondary N) is 1. The van der Waals surface area contributed by atoms with Crippen molar-refractivity contribution in [1.82, 2.24) is 15.5 Å². The molecule has 2 aromatic rings. The van der Waals surface area contributed by atoms with Gasteiger partial charge in [-0.3, -0.25) is 0 Å². The first-order valence-corrected chi connectivity index (χ1v) is 7.46. The van der Waals surface area contributed by atoms with Crippen LogP contribution in [-0.4, -0.2) is 30.4 Å². The largest absolute Gasteiger partial charge is 0.497 e. The maximum atomic E-state index is 5.67. The zero-order valence-corrected chi connectivity index (χ0v) is 12.8. The molecule has 2 rings (SSSR count). The average molecular weight is 289 g/mol. The summed E-state index contributed by atoms with van der Waals surface area (Å²) in [7, 11) is 1.66. The van der Waals surface area contributed by atoms with Crippen molar-refractivity contribution in [2.45, 2.75) is 32.6 Å². The van der Waals surface area contributed by atoms with Crippen molar-refractivity contribution >= 4 is 0 Å². The lowest BCUT2D eigenvalue weighted by Crippen LogP contribution is -2.16. The third-order valence-corrected chi connectivity index (χ3v) is 3.19. The Kier molecular flexibility index (Phi) is 6.22. The number of hydrogen-bond acceptors (Lipinski definition) is 5. The fraction of sp³-hybridized carbons (Fsp3) is 0.500. The van der Waals surface area contributed by atoms with Crippen molar-refractivity contribution in [1.29, 1.82) is 0 Å². The van der Waals surface area contributed by atoms with Gasteiger partial charge in [0.25, 0.3) is 0 Å². The summed E-state index contributed by atoms with van der Waals surface area (Å²) < 4.78 is 10.8. The van der Waals surface area contributed by atoms with Crippen LogP contribution in [0.2, 0.25) is 0 Å². The number of aromatic nitrogens is 2. The molecule has 0 aliphatic heterocycles. The minimum absolute atomic E-state index is 0.658. The van der Waals surface area contributed by atoms with E-state index >= 15 is 0 Å². The Morgan fingerprint density at radius 3 is 2.57 bits per heavy atom. The van der Waals surface area contributed by atoms with Gasteiger partial charge in [0.05, 0.1) is 13.5 Å². The standard InChI is InChI=1S/C16H23N3O2/c1-3-10-17-11-4-5-15-18-19-16(21-15)12-13-6-8-14(20-2)9-7-13/h6-9,17H,3-5,10-12H2,1-2H3. The molecule has 0 saturated heterocycles. The summed E-state index contributed by atoms with van der Waals surface area (Å²) >= 11 is 0. The molecule has 1 aromatic heterocycles. The monoisotopic (exact) mass is 289 g/mol. The molecule has 0 spiro atoms. The number of methoxy groups -OCH3 is 1. The number of nitrogens with zero attached hydrogens (tertiary/aromatic N) is 2. The Morgan fingerprint density at radius 2 is 1.86 bits per heavy atom. The summed E-state index contributed by atoms with van der Waals surface area (Å²) in [6, 6.07) is 7.90. The third kappa shape index (κ3) is 5.19. The molecule has 5 heteroatoms. The van der Waals surface area contributed by atoms with Gasteiger partial charge in [0.15, 0.2) is 0 Å². The van der Waals surface area contributed by atoms with E-state index < -0.39 is 0 Å². The summed E-state index contributed by atoms with van der Waals surface area (Å²) in [5.74, 6) is 2.23. The van der Waals surface area contributed by atoms with Gasteiger partial charge < -0.3 is 14.5 Å². The van der Waals surface area contributed by atoms with Gasteiger partial charge in [-0.05, 0) is 43.6 Å². The Morgan fingerprint density at radius 1 is 1.10 bits per heavy atom. The quantitative estimate of drug-likeness (QED) is 0.719. The van der Waals surface area contributed by atoms with E-state index in [0.717, 1.165) is 49.6 Å². The van der Waals surface area contributed by atoms with Crippen LogP contribution in [0.4, 0.5) is 0 Å². The molecule has 0 unspecified atom stereocenters. The second-order valence-electron chi connectivity index (χ2n) is 4.97. The van der Waals surface area contributed by atoms with Crippen LogP contribution in [0.25, 0.3) is 0 Å². The zero-order valence-electron chi connectivity index (χ0n) is 12.8. The SMILES string of the molecule is CCCNCCCc1nnc(Cc2ccc(OC)cc2)o1. The van der Waals surface area contributed by atoms with Gasteiger partial charge in [-0.2, -0.15) is 0 Å². The first kappa shape index (κ1) is 15.5. The normalized spacial score (nSPS) is 10.8. The van der Waals surface area contributed by atoms with Crippen molar-refractivity contribution in [3.63, 3.8) is 0 Å². The number of hydrogen-bond donors (Lipinski definition) is 1. The molecule has 114 valence electrons.